The van der Waals surface area contributed by atoms with Crippen LogP contribution < -0.4 is 5.32 Å². The second kappa shape index (κ2) is 6.76. The summed E-state index contributed by atoms with van der Waals surface area (Å²) in [6.45, 7) is 1.39. The average Bonchev–Trinajstić information content (AvgIpc) is 2.85. The molecule has 1 N–H and O–H groups in total. The lowest BCUT2D eigenvalue weighted by Crippen LogP contribution is -2.05. The Labute approximate surface area is 106 Å². The smallest absolute Gasteiger partial charge is 0.228 e. The predicted molar refractivity (Wildman–Crippen MR) is 68.5 cm³/mol. The third kappa shape index (κ3) is 3.85. The van der Waals surface area contributed by atoms with Gasteiger partial charge in [-0.3, -0.25) is 0 Å². The molecule has 0 unspecified atom stereocenters. The number of para-hydroxylation sites is 1. The van der Waals surface area contributed by atoms with Crippen LogP contribution in [-0.2, 0) is 17.6 Å². The second-order valence-corrected chi connectivity index (χ2v) is 3.89. The molecule has 0 radical (unpaired) electrons. The molecular formula is C13H17N3O2. The van der Waals surface area contributed by atoms with Crippen LogP contribution in [0, 0.1) is 0 Å². The van der Waals surface area contributed by atoms with Gasteiger partial charge >= 0.3 is 0 Å². The molecule has 96 valence electrons. The molecule has 0 amide bonds. The van der Waals surface area contributed by atoms with Gasteiger partial charge in [0, 0.05) is 32.2 Å². The van der Waals surface area contributed by atoms with Crippen molar-refractivity contribution in [1.82, 2.24) is 10.1 Å². The van der Waals surface area contributed by atoms with Gasteiger partial charge in [0.2, 0.25) is 5.89 Å². The van der Waals surface area contributed by atoms with E-state index in [0.29, 0.717) is 24.7 Å². The van der Waals surface area contributed by atoms with Crippen LogP contribution in [0.4, 0.5) is 5.69 Å². The third-order valence-electron chi connectivity index (χ3n) is 2.48. The Morgan fingerprint density at radius 1 is 1.22 bits per heavy atom. The molecular weight excluding hydrogens is 230 g/mol. The van der Waals surface area contributed by atoms with Gasteiger partial charge in [-0.05, 0) is 12.1 Å². The summed E-state index contributed by atoms with van der Waals surface area (Å²) in [6, 6.07) is 10.0. The molecule has 1 aromatic heterocycles. The number of rotatable bonds is 7. The third-order valence-corrected chi connectivity index (χ3v) is 2.48. The van der Waals surface area contributed by atoms with E-state index in [2.05, 4.69) is 15.5 Å². The minimum Gasteiger partial charge on any atom is -0.385 e. The molecule has 1 heterocycles. The van der Waals surface area contributed by atoms with Gasteiger partial charge in [0.15, 0.2) is 5.82 Å². The van der Waals surface area contributed by atoms with Crippen LogP contribution in [0.25, 0.3) is 0 Å². The largest absolute Gasteiger partial charge is 0.385 e. The van der Waals surface area contributed by atoms with Crippen LogP contribution >= 0.6 is 0 Å². The maximum absolute atomic E-state index is 5.14. The maximum Gasteiger partial charge on any atom is 0.228 e. The van der Waals surface area contributed by atoms with E-state index in [4.69, 9.17) is 9.26 Å². The number of hydrogen-bond donors (Lipinski definition) is 1. The summed E-state index contributed by atoms with van der Waals surface area (Å²) in [4.78, 5) is 4.28. The first-order valence-corrected chi connectivity index (χ1v) is 5.98. The van der Waals surface area contributed by atoms with Crippen molar-refractivity contribution in [2.75, 3.05) is 25.6 Å². The van der Waals surface area contributed by atoms with E-state index >= 15 is 0 Å². The molecule has 0 spiro atoms. The molecule has 1 aromatic carbocycles. The first-order valence-electron chi connectivity index (χ1n) is 5.98. The minimum absolute atomic E-state index is 0.612. The summed E-state index contributed by atoms with van der Waals surface area (Å²) >= 11 is 0. The highest BCUT2D eigenvalue weighted by Crippen LogP contribution is 2.05. The Kier molecular flexibility index (Phi) is 4.72. The number of benzene rings is 1. The monoisotopic (exact) mass is 247 g/mol. The first kappa shape index (κ1) is 12.6. The van der Waals surface area contributed by atoms with Crippen LogP contribution in [0.2, 0.25) is 0 Å². The topological polar surface area (TPSA) is 60.2 Å². The predicted octanol–water partition coefficient (Wildman–Crippen LogP) is 1.91. The van der Waals surface area contributed by atoms with Crippen LogP contribution in [0.1, 0.15) is 11.7 Å². The van der Waals surface area contributed by atoms with Crippen LogP contribution in [-0.4, -0.2) is 30.4 Å². The summed E-state index contributed by atoms with van der Waals surface area (Å²) in [6.07, 6.45) is 1.40. The Balaban J connectivity index is 1.75. The van der Waals surface area contributed by atoms with Crippen molar-refractivity contribution in [2.24, 2.45) is 0 Å². The minimum atomic E-state index is 0.612. The van der Waals surface area contributed by atoms with Crippen LogP contribution in [0.15, 0.2) is 34.9 Å². The number of nitrogens with zero attached hydrogens (tertiary/aromatic N) is 2. The normalized spacial score (nSPS) is 10.5. The van der Waals surface area contributed by atoms with Gasteiger partial charge in [0.05, 0.1) is 6.61 Å². The van der Waals surface area contributed by atoms with Crippen LogP contribution in [0.3, 0.4) is 0 Å². The van der Waals surface area contributed by atoms with Gasteiger partial charge in [-0.15, -0.1) is 0 Å². The molecule has 0 aliphatic rings. The van der Waals surface area contributed by atoms with Crippen molar-refractivity contribution in [3.8, 4) is 0 Å². The van der Waals surface area contributed by atoms with Gasteiger partial charge in [0.25, 0.3) is 0 Å². The van der Waals surface area contributed by atoms with Crippen molar-refractivity contribution in [3.63, 3.8) is 0 Å². The number of anilines is 1. The molecule has 0 bridgehead atoms. The summed E-state index contributed by atoms with van der Waals surface area (Å²) in [5.74, 6) is 1.36. The number of hydrogen-bond acceptors (Lipinski definition) is 5. The molecule has 0 saturated heterocycles. The van der Waals surface area contributed by atoms with E-state index in [9.17, 15) is 0 Å². The van der Waals surface area contributed by atoms with Gasteiger partial charge < -0.3 is 14.6 Å². The second-order valence-electron chi connectivity index (χ2n) is 3.89. The van der Waals surface area contributed by atoms with Gasteiger partial charge in [0.1, 0.15) is 0 Å². The molecule has 5 heteroatoms. The van der Waals surface area contributed by atoms with Gasteiger partial charge in [-0.25, -0.2) is 0 Å². The molecule has 2 aromatic rings. The lowest BCUT2D eigenvalue weighted by molar-refractivity contribution is 0.199. The van der Waals surface area contributed by atoms with E-state index in [1.807, 2.05) is 30.3 Å². The highest BCUT2D eigenvalue weighted by atomic mass is 16.5. The summed E-state index contributed by atoms with van der Waals surface area (Å²) in [5, 5.41) is 7.18. The van der Waals surface area contributed by atoms with Crippen molar-refractivity contribution in [1.29, 1.82) is 0 Å². The molecule has 2 rings (SSSR count). The zero-order valence-electron chi connectivity index (χ0n) is 10.4. The number of aromatic nitrogens is 2. The quantitative estimate of drug-likeness (QED) is 0.810. The highest BCUT2D eigenvalue weighted by Gasteiger charge is 2.05. The van der Waals surface area contributed by atoms with Gasteiger partial charge in [-0.2, -0.15) is 4.98 Å². The Hall–Kier alpha value is -1.88. The maximum atomic E-state index is 5.14. The fourth-order valence-corrected chi connectivity index (χ4v) is 1.56. The lowest BCUT2D eigenvalue weighted by Gasteiger charge is -2.02. The molecule has 0 saturated carbocycles. The average molecular weight is 247 g/mol. The SMILES string of the molecule is COCCc1noc(CCNc2ccccc2)n1. The van der Waals surface area contributed by atoms with Crippen molar-refractivity contribution in [3.05, 3.63) is 42.0 Å². The van der Waals surface area contributed by atoms with Gasteiger partial charge in [-0.1, -0.05) is 23.4 Å². The fourth-order valence-electron chi connectivity index (χ4n) is 1.56. The Bertz CT molecular complexity index is 456. The molecule has 5 nitrogen and oxygen atoms in total. The molecule has 0 aliphatic carbocycles. The molecule has 0 fully saturated rings. The van der Waals surface area contributed by atoms with E-state index in [1.54, 1.807) is 7.11 Å². The highest BCUT2D eigenvalue weighted by molar-refractivity contribution is 5.42. The zero-order valence-corrected chi connectivity index (χ0v) is 10.4. The van der Waals surface area contributed by atoms with E-state index in [0.717, 1.165) is 18.7 Å². The number of nitrogens with one attached hydrogen (secondary N) is 1. The van der Waals surface area contributed by atoms with Crippen molar-refractivity contribution in [2.45, 2.75) is 12.8 Å². The molecule has 18 heavy (non-hydrogen) atoms. The van der Waals surface area contributed by atoms with E-state index in [-0.39, 0.29) is 0 Å². The van der Waals surface area contributed by atoms with Crippen LogP contribution in [0.5, 0.6) is 0 Å². The fraction of sp³-hybridized carbons (Fsp3) is 0.385. The van der Waals surface area contributed by atoms with Crippen molar-refractivity contribution >= 4 is 5.69 Å². The lowest BCUT2D eigenvalue weighted by atomic mass is 10.3. The summed E-state index contributed by atoms with van der Waals surface area (Å²) in [7, 11) is 1.66. The van der Waals surface area contributed by atoms with Crippen molar-refractivity contribution < 1.29 is 9.26 Å². The number of methoxy groups -OCH3 is 1. The first-order chi connectivity index (χ1) is 8.88. The zero-order chi connectivity index (χ0) is 12.6. The van der Waals surface area contributed by atoms with E-state index < -0.39 is 0 Å². The Morgan fingerprint density at radius 2 is 2.06 bits per heavy atom. The molecule has 0 aliphatic heterocycles. The standard InChI is InChI=1S/C13H17N3O2/c1-17-10-8-12-15-13(18-16-12)7-9-14-11-5-3-2-4-6-11/h2-6,14H,7-10H2,1H3. The van der Waals surface area contributed by atoms with E-state index in [1.165, 1.54) is 0 Å². The summed E-state index contributed by atoms with van der Waals surface area (Å²) < 4.78 is 10.1. The number of ether oxygens (including phenoxy) is 1. The summed E-state index contributed by atoms with van der Waals surface area (Å²) in [5.41, 5.74) is 1.09. The molecule has 0 atom stereocenters. The Morgan fingerprint density at radius 3 is 2.83 bits per heavy atom.